The average molecular weight is 383 g/mol. The average Bonchev–Trinajstić information content (AvgIpc) is 2.60. The van der Waals surface area contributed by atoms with Crippen LogP contribution in [-0.2, 0) is 22.5 Å². The Morgan fingerprint density at radius 3 is 2.32 bits per heavy atom. The molecule has 0 saturated carbocycles. The van der Waals surface area contributed by atoms with Crippen LogP contribution in [-0.4, -0.2) is 24.0 Å². The van der Waals surface area contributed by atoms with Crippen molar-refractivity contribution in [1.29, 1.82) is 0 Å². The van der Waals surface area contributed by atoms with E-state index < -0.39 is 16.9 Å². The molecule has 2 aromatic carbocycles. The third-order valence-corrected chi connectivity index (χ3v) is 4.37. The smallest absolute Gasteiger partial charge is 0.323 e. The van der Waals surface area contributed by atoms with Crippen molar-refractivity contribution < 1.29 is 14.5 Å². The molecule has 0 amide bonds. The van der Waals surface area contributed by atoms with Gasteiger partial charge in [-0.15, -0.1) is 0 Å². The largest absolute Gasteiger partial charge is 0.468 e. The van der Waals surface area contributed by atoms with E-state index in [0.29, 0.717) is 22.0 Å². The van der Waals surface area contributed by atoms with E-state index in [1.807, 2.05) is 0 Å². The maximum atomic E-state index is 12.0. The quantitative estimate of drug-likeness (QED) is 0.447. The number of methoxy groups -OCH3 is 1. The Bertz CT molecular complexity index is 745. The van der Waals surface area contributed by atoms with E-state index in [1.54, 1.807) is 30.3 Å². The van der Waals surface area contributed by atoms with Gasteiger partial charge in [0.05, 0.1) is 12.0 Å². The van der Waals surface area contributed by atoms with Crippen LogP contribution in [0, 0.1) is 10.1 Å². The monoisotopic (exact) mass is 382 g/mol. The van der Waals surface area contributed by atoms with Crippen LogP contribution in [0.4, 0.5) is 5.69 Å². The number of non-ortho nitro benzene ring substituents is 1. The molecule has 0 aromatic heterocycles. The molecular weight excluding hydrogens is 367 g/mol. The van der Waals surface area contributed by atoms with Crippen molar-refractivity contribution >= 4 is 34.9 Å². The SMILES string of the molecule is COC(=O)[C@H](Cc1ccc([N+](=O)[O-])cc1)NCc1c(Cl)cccc1Cl. The third-order valence-electron chi connectivity index (χ3n) is 3.66. The summed E-state index contributed by atoms with van der Waals surface area (Å²) in [4.78, 5) is 22.3. The molecule has 0 aliphatic carbocycles. The lowest BCUT2D eigenvalue weighted by molar-refractivity contribution is -0.384. The number of rotatable bonds is 7. The van der Waals surface area contributed by atoms with Crippen LogP contribution in [0.2, 0.25) is 10.0 Å². The Morgan fingerprint density at radius 1 is 1.20 bits per heavy atom. The third kappa shape index (κ3) is 5.16. The van der Waals surface area contributed by atoms with Gasteiger partial charge in [-0.05, 0) is 24.1 Å². The normalized spacial score (nSPS) is 11.8. The number of nitrogens with one attached hydrogen (secondary N) is 1. The first-order chi connectivity index (χ1) is 11.9. The number of nitrogens with zero attached hydrogens (tertiary/aromatic N) is 1. The van der Waals surface area contributed by atoms with Gasteiger partial charge in [-0.25, -0.2) is 0 Å². The lowest BCUT2D eigenvalue weighted by Crippen LogP contribution is -2.39. The molecule has 1 atom stereocenters. The van der Waals surface area contributed by atoms with Crippen molar-refractivity contribution in [3.63, 3.8) is 0 Å². The number of esters is 1. The minimum Gasteiger partial charge on any atom is -0.468 e. The standard InChI is InChI=1S/C17H16Cl2N2O4/c1-25-17(22)16(9-11-5-7-12(8-6-11)21(23)24)20-10-13-14(18)3-2-4-15(13)19/h2-8,16,20H,9-10H2,1H3/t16-/m0/s1. The molecule has 0 unspecified atom stereocenters. The predicted octanol–water partition coefficient (Wildman–Crippen LogP) is 3.78. The summed E-state index contributed by atoms with van der Waals surface area (Å²) in [6, 6.07) is 10.5. The summed E-state index contributed by atoms with van der Waals surface area (Å²) < 4.78 is 4.82. The molecule has 132 valence electrons. The zero-order chi connectivity index (χ0) is 18.4. The summed E-state index contributed by atoms with van der Waals surface area (Å²) in [5, 5.41) is 14.8. The molecule has 2 aromatic rings. The van der Waals surface area contributed by atoms with Crippen LogP contribution >= 0.6 is 23.2 Å². The van der Waals surface area contributed by atoms with Crippen LogP contribution in [0.15, 0.2) is 42.5 Å². The molecule has 0 aliphatic heterocycles. The highest BCUT2D eigenvalue weighted by Crippen LogP contribution is 2.24. The number of carbonyl (C=O) groups excluding carboxylic acids is 1. The van der Waals surface area contributed by atoms with Gasteiger partial charge in [0, 0.05) is 34.3 Å². The number of halogens is 2. The molecule has 0 spiro atoms. The topological polar surface area (TPSA) is 81.5 Å². The van der Waals surface area contributed by atoms with Crippen molar-refractivity contribution in [3.05, 3.63) is 73.8 Å². The number of hydrogen-bond donors (Lipinski definition) is 1. The van der Waals surface area contributed by atoms with E-state index in [1.165, 1.54) is 19.2 Å². The molecule has 0 bridgehead atoms. The number of carbonyl (C=O) groups is 1. The van der Waals surface area contributed by atoms with Crippen LogP contribution < -0.4 is 5.32 Å². The summed E-state index contributed by atoms with van der Waals surface area (Å²) in [6.07, 6.45) is 0.312. The van der Waals surface area contributed by atoms with Crippen LogP contribution in [0.3, 0.4) is 0 Å². The zero-order valence-corrected chi connectivity index (χ0v) is 14.9. The Labute approximate surface area is 154 Å². The molecule has 0 aliphatic rings. The van der Waals surface area contributed by atoms with Gasteiger partial charge in [0.2, 0.25) is 0 Å². The molecular formula is C17H16Cl2N2O4. The first kappa shape index (κ1) is 19.2. The Hall–Kier alpha value is -2.15. The molecule has 25 heavy (non-hydrogen) atoms. The summed E-state index contributed by atoms with van der Waals surface area (Å²) in [5.74, 6) is -0.443. The summed E-state index contributed by atoms with van der Waals surface area (Å²) >= 11 is 12.3. The molecule has 0 fully saturated rings. The van der Waals surface area contributed by atoms with E-state index in [0.717, 1.165) is 5.56 Å². The van der Waals surface area contributed by atoms with Gasteiger partial charge < -0.3 is 4.74 Å². The summed E-state index contributed by atoms with van der Waals surface area (Å²) in [5.41, 5.74) is 1.44. The summed E-state index contributed by atoms with van der Waals surface area (Å²) in [6.45, 7) is 0.283. The maximum absolute atomic E-state index is 12.0. The molecule has 1 N–H and O–H groups in total. The van der Waals surface area contributed by atoms with E-state index in [-0.39, 0.29) is 12.2 Å². The highest BCUT2D eigenvalue weighted by Gasteiger charge is 2.20. The number of nitro groups is 1. The lowest BCUT2D eigenvalue weighted by Gasteiger charge is -2.17. The fraction of sp³-hybridized carbons (Fsp3) is 0.235. The van der Waals surface area contributed by atoms with Gasteiger partial charge >= 0.3 is 5.97 Å². The number of ether oxygens (including phenoxy) is 1. The van der Waals surface area contributed by atoms with Gasteiger partial charge in [0.15, 0.2) is 0 Å². The molecule has 0 heterocycles. The van der Waals surface area contributed by atoms with Crippen molar-refractivity contribution in [2.75, 3.05) is 7.11 Å². The first-order valence-corrected chi connectivity index (χ1v) is 8.15. The summed E-state index contributed by atoms with van der Waals surface area (Å²) in [7, 11) is 1.30. The number of hydrogen-bond acceptors (Lipinski definition) is 5. The number of nitro benzene ring substituents is 1. The van der Waals surface area contributed by atoms with E-state index in [9.17, 15) is 14.9 Å². The second-order valence-corrected chi connectivity index (χ2v) is 6.10. The van der Waals surface area contributed by atoms with Gasteiger partial charge in [0.25, 0.3) is 5.69 Å². The zero-order valence-electron chi connectivity index (χ0n) is 13.4. The molecule has 2 rings (SSSR count). The lowest BCUT2D eigenvalue weighted by atomic mass is 10.0. The Balaban J connectivity index is 2.11. The maximum Gasteiger partial charge on any atom is 0.323 e. The molecule has 6 nitrogen and oxygen atoms in total. The fourth-order valence-electron chi connectivity index (χ4n) is 2.30. The van der Waals surface area contributed by atoms with E-state index >= 15 is 0 Å². The van der Waals surface area contributed by atoms with Crippen molar-refractivity contribution in [2.24, 2.45) is 0 Å². The second kappa shape index (κ2) is 8.80. The molecule has 0 saturated heterocycles. The Morgan fingerprint density at radius 2 is 1.80 bits per heavy atom. The van der Waals surface area contributed by atoms with Gasteiger partial charge in [0.1, 0.15) is 6.04 Å². The van der Waals surface area contributed by atoms with Crippen molar-refractivity contribution in [2.45, 2.75) is 19.0 Å². The highest BCUT2D eigenvalue weighted by molar-refractivity contribution is 6.35. The first-order valence-electron chi connectivity index (χ1n) is 7.39. The van der Waals surface area contributed by atoms with E-state index in [4.69, 9.17) is 27.9 Å². The van der Waals surface area contributed by atoms with Gasteiger partial charge in [-0.2, -0.15) is 0 Å². The van der Waals surface area contributed by atoms with E-state index in [2.05, 4.69) is 5.32 Å². The van der Waals surface area contributed by atoms with Gasteiger partial charge in [-0.3, -0.25) is 20.2 Å². The van der Waals surface area contributed by atoms with Crippen molar-refractivity contribution in [1.82, 2.24) is 5.32 Å². The highest BCUT2D eigenvalue weighted by atomic mass is 35.5. The minimum atomic E-state index is -0.640. The van der Waals surface area contributed by atoms with Crippen LogP contribution in [0.1, 0.15) is 11.1 Å². The predicted molar refractivity (Wildman–Crippen MR) is 95.9 cm³/mol. The van der Waals surface area contributed by atoms with Gasteiger partial charge in [-0.1, -0.05) is 41.4 Å². The molecule has 8 heteroatoms. The second-order valence-electron chi connectivity index (χ2n) is 5.28. The Kier molecular flexibility index (Phi) is 6.75. The minimum absolute atomic E-state index is 0.00539. The van der Waals surface area contributed by atoms with Crippen molar-refractivity contribution in [3.8, 4) is 0 Å². The van der Waals surface area contributed by atoms with Crippen LogP contribution in [0.25, 0.3) is 0 Å². The van der Waals surface area contributed by atoms with Crippen LogP contribution in [0.5, 0.6) is 0 Å². The number of benzene rings is 2. The fourth-order valence-corrected chi connectivity index (χ4v) is 2.83. The molecule has 0 radical (unpaired) electrons.